The van der Waals surface area contributed by atoms with E-state index in [1.165, 1.54) is 0 Å². The zero-order valence-electron chi connectivity index (χ0n) is 10.7. The number of benzene rings is 1. The monoisotopic (exact) mass is 256 g/mol. The minimum absolute atomic E-state index is 0.0251. The summed E-state index contributed by atoms with van der Waals surface area (Å²) in [5.74, 6) is 1.57. The summed E-state index contributed by atoms with van der Waals surface area (Å²) < 4.78 is 5.60. The quantitative estimate of drug-likeness (QED) is 0.854. The summed E-state index contributed by atoms with van der Waals surface area (Å²) in [5, 5.41) is 0. The first-order valence-corrected chi connectivity index (χ1v) is 6.33. The second-order valence-corrected chi connectivity index (χ2v) is 4.87. The van der Waals surface area contributed by atoms with E-state index in [0.717, 1.165) is 17.1 Å². The van der Waals surface area contributed by atoms with Gasteiger partial charge in [0.15, 0.2) is 0 Å². The van der Waals surface area contributed by atoms with E-state index >= 15 is 0 Å². The van der Waals surface area contributed by atoms with Crippen LogP contribution >= 0.6 is 0 Å². The summed E-state index contributed by atoms with van der Waals surface area (Å²) >= 11 is 0. The van der Waals surface area contributed by atoms with Gasteiger partial charge in [-0.2, -0.15) is 0 Å². The number of carbonyl (C=O) groups excluding carboxylic acids is 1. The fourth-order valence-electron chi connectivity index (χ4n) is 2.47. The molecule has 2 heterocycles. The van der Waals surface area contributed by atoms with Crippen molar-refractivity contribution in [3.63, 3.8) is 0 Å². The molecule has 98 valence electrons. The lowest BCUT2D eigenvalue weighted by atomic mass is 9.93. The first-order chi connectivity index (χ1) is 9.16. The maximum Gasteiger partial charge on any atom is 0.243 e. The molecule has 0 saturated carbocycles. The van der Waals surface area contributed by atoms with Gasteiger partial charge in [0, 0.05) is 6.54 Å². The van der Waals surface area contributed by atoms with Crippen molar-refractivity contribution in [3.05, 3.63) is 59.5 Å². The Labute approximate surface area is 111 Å². The molecule has 1 amide bonds. The number of rotatable bonds is 3. The van der Waals surface area contributed by atoms with Crippen LogP contribution in [0.3, 0.4) is 0 Å². The van der Waals surface area contributed by atoms with E-state index in [1.54, 1.807) is 4.90 Å². The minimum atomic E-state index is -0.491. The Hall–Kier alpha value is -2.07. The molecule has 0 aliphatic carbocycles. The molecule has 19 heavy (non-hydrogen) atoms. The summed E-state index contributed by atoms with van der Waals surface area (Å²) in [4.78, 5) is 13.7. The summed E-state index contributed by atoms with van der Waals surface area (Å²) in [5.41, 5.74) is 6.99. The van der Waals surface area contributed by atoms with Crippen LogP contribution < -0.4 is 5.73 Å². The molecule has 4 nitrogen and oxygen atoms in total. The molecule has 2 aromatic rings. The lowest BCUT2D eigenvalue weighted by Crippen LogP contribution is -2.62. The Kier molecular flexibility index (Phi) is 2.87. The third-order valence-electron chi connectivity index (χ3n) is 3.49. The van der Waals surface area contributed by atoms with Crippen LogP contribution in [0.25, 0.3) is 0 Å². The number of β-lactam (4-membered cyclic amide) rings is 1. The molecule has 4 heteroatoms. The van der Waals surface area contributed by atoms with Crippen molar-refractivity contribution in [3.8, 4) is 0 Å². The Bertz CT molecular complexity index is 591. The second kappa shape index (κ2) is 4.55. The molecule has 0 radical (unpaired) electrons. The van der Waals surface area contributed by atoms with Crippen LogP contribution in [0, 0.1) is 6.92 Å². The molecule has 1 saturated heterocycles. The van der Waals surface area contributed by atoms with Crippen LogP contribution in [0.15, 0.2) is 46.9 Å². The lowest BCUT2D eigenvalue weighted by molar-refractivity contribution is -0.151. The van der Waals surface area contributed by atoms with Gasteiger partial charge in [0.2, 0.25) is 5.91 Å². The molecular weight excluding hydrogens is 240 g/mol. The van der Waals surface area contributed by atoms with Gasteiger partial charge in [0.1, 0.15) is 23.6 Å². The Morgan fingerprint density at radius 1 is 1.21 bits per heavy atom. The summed E-state index contributed by atoms with van der Waals surface area (Å²) in [6.45, 7) is 2.45. The Morgan fingerprint density at radius 2 is 1.95 bits per heavy atom. The van der Waals surface area contributed by atoms with Crippen LogP contribution in [-0.4, -0.2) is 16.8 Å². The van der Waals surface area contributed by atoms with Gasteiger partial charge in [0.25, 0.3) is 0 Å². The van der Waals surface area contributed by atoms with Gasteiger partial charge in [-0.05, 0) is 24.6 Å². The molecule has 0 spiro atoms. The van der Waals surface area contributed by atoms with E-state index in [0.29, 0.717) is 6.54 Å². The first kappa shape index (κ1) is 12.0. The van der Waals surface area contributed by atoms with Gasteiger partial charge in [0.05, 0.1) is 0 Å². The van der Waals surface area contributed by atoms with Crippen molar-refractivity contribution in [1.29, 1.82) is 0 Å². The zero-order valence-corrected chi connectivity index (χ0v) is 10.7. The maximum absolute atomic E-state index is 11.9. The molecular formula is C15H16N2O2. The van der Waals surface area contributed by atoms with Crippen molar-refractivity contribution in [2.75, 3.05) is 0 Å². The predicted octanol–water partition coefficient (Wildman–Crippen LogP) is 2.00. The standard InChI is InChI=1S/C15H16N2O2/c1-10-7-8-12(19-10)14-13(16)15(18)17(14)9-11-5-3-2-4-6-11/h2-8,13-14H,9,16H2,1H3/t13-,14+/m1/s1. The molecule has 3 rings (SSSR count). The van der Waals surface area contributed by atoms with Gasteiger partial charge in [-0.1, -0.05) is 30.3 Å². The van der Waals surface area contributed by atoms with E-state index in [-0.39, 0.29) is 11.9 Å². The maximum atomic E-state index is 11.9. The first-order valence-electron chi connectivity index (χ1n) is 6.33. The molecule has 2 atom stereocenters. The van der Waals surface area contributed by atoms with Gasteiger partial charge < -0.3 is 15.1 Å². The third kappa shape index (κ3) is 2.04. The fraction of sp³-hybridized carbons (Fsp3) is 0.267. The summed E-state index contributed by atoms with van der Waals surface area (Å²) in [7, 11) is 0. The van der Waals surface area contributed by atoms with Gasteiger partial charge in [-0.3, -0.25) is 4.79 Å². The van der Waals surface area contributed by atoms with Crippen molar-refractivity contribution < 1.29 is 9.21 Å². The highest BCUT2D eigenvalue weighted by Gasteiger charge is 2.47. The Morgan fingerprint density at radius 3 is 2.58 bits per heavy atom. The molecule has 1 aromatic carbocycles. The fourth-order valence-corrected chi connectivity index (χ4v) is 2.47. The number of aryl methyl sites for hydroxylation is 1. The van der Waals surface area contributed by atoms with Crippen molar-refractivity contribution in [1.82, 2.24) is 4.90 Å². The topological polar surface area (TPSA) is 59.5 Å². The molecule has 0 bridgehead atoms. The van der Waals surface area contributed by atoms with E-state index < -0.39 is 6.04 Å². The van der Waals surface area contributed by atoms with E-state index in [1.807, 2.05) is 49.4 Å². The molecule has 1 fully saturated rings. The summed E-state index contributed by atoms with van der Waals surface area (Å²) in [6, 6.07) is 13.0. The number of furan rings is 1. The number of likely N-dealkylation sites (tertiary alicyclic amines) is 1. The number of carbonyl (C=O) groups is 1. The van der Waals surface area contributed by atoms with Crippen molar-refractivity contribution >= 4 is 5.91 Å². The average molecular weight is 256 g/mol. The lowest BCUT2D eigenvalue weighted by Gasteiger charge is -2.44. The number of nitrogens with two attached hydrogens (primary N) is 1. The van der Waals surface area contributed by atoms with Crippen molar-refractivity contribution in [2.45, 2.75) is 25.6 Å². The highest BCUT2D eigenvalue weighted by Crippen LogP contribution is 2.35. The number of amides is 1. The number of hydrogen-bond donors (Lipinski definition) is 1. The van der Waals surface area contributed by atoms with Gasteiger partial charge in [-0.15, -0.1) is 0 Å². The Balaban J connectivity index is 1.82. The summed E-state index contributed by atoms with van der Waals surface area (Å²) in [6.07, 6.45) is 0. The van der Waals surface area contributed by atoms with E-state index in [9.17, 15) is 4.79 Å². The predicted molar refractivity (Wildman–Crippen MR) is 71.2 cm³/mol. The molecule has 1 aliphatic heterocycles. The third-order valence-corrected chi connectivity index (χ3v) is 3.49. The second-order valence-electron chi connectivity index (χ2n) is 4.87. The van der Waals surface area contributed by atoms with Crippen LogP contribution in [0.5, 0.6) is 0 Å². The van der Waals surface area contributed by atoms with Gasteiger partial charge in [-0.25, -0.2) is 0 Å². The van der Waals surface area contributed by atoms with Gasteiger partial charge >= 0.3 is 0 Å². The minimum Gasteiger partial charge on any atom is -0.464 e. The largest absolute Gasteiger partial charge is 0.464 e. The van der Waals surface area contributed by atoms with Crippen LogP contribution in [-0.2, 0) is 11.3 Å². The van der Waals surface area contributed by atoms with Crippen molar-refractivity contribution in [2.24, 2.45) is 5.73 Å². The molecule has 0 unspecified atom stereocenters. The molecule has 1 aliphatic rings. The SMILES string of the molecule is Cc1ccc([C@H]2[C@@H](N)C(=O)N2Cc2ccccc2)o1. The zero-order chi connectivity index (χ0) is 13.4. The highest BCUT2D eigenvalue weighted by atomic mass is 16.3. The van der Waals surface area contributed by atoms with Crippen LogP contribution in [0.1, 0.15) is 23.1 Å². The number of hydrogen-bond acceptors (Lipinski definition) is 3. The van der Waals surface area contributed by atoms with Crippen LogP contribution in [0.2, 0.25) is 0 Å². The average Bonchev–Trinajstić information content (AvgIpc) is 2.85. The molecule has 2 N–H and O–H groups in total. The van der Waals surface area contributed by atoms with E-state index in [4.69, 9.17) is 10.2 Å². The van der Waals surface area contributed by atoms with Crippen LogP contribution in [0.4, 0.5) is 0 Å². The van der Waals surface area contributed by atoms with E-state index in [2.05, 4.69) is 0 Å². The molecule has 1 aromatic heterocycles. The number of nitrogens with zero attached hydrogens (tertiary/aromatic N) is 1. The normalized spacial score (nSPS) is 22.4. The highest BCUT2D eigenvalue weighted by molar-refractivity contribution is 5.89. The smallest absolute Gasteiger partial charge is 0.243 e.